The Hall–Kier alpha value is -2.82. The standard InChI is InChI=1S/C23H27NO4/c1-5-27-20-9-7-6-8-19(20)24-15-16(14-21(24)25)22(26)28-18-12-10-17(11-13-18)23(2,3)4/h6-13,16H,5,14-15H2,1-4H3/t16-/m1/s1. The van der Waals surface area contributed by atoms with Crippen molar-refractivity contribution in [3.05, 3.63) is 54.1 Å². The monoisotopic (exact) mass is 381 g/mol. The van der Waals surface area contributed by atoms with E-state index in [1.165, 1.54) is 5.56 Å². The van der Waals surface area contributed by atoms with Gasteiger partial charge in [0.05, 0.1) is 18.2 Å². The molecule has 3 rings (SSSR count). The van der Waals surface area contributed by atoms with Gasteiger partial charge < -0.3 is 14.4 Å². The van der Waals surface area contributed by atoms with Gasteiger partial charge in [-0.3, -0.25) is 9.59 Å². The number of carbonyl (C=O) groups excluding carboxylic acids is 2. The predicted molar refractivity (Wildman–Crippen MR) is 109 cm³/mol. The van der Waals surface area contributed by atoms with Gasteiger partial charge in [-0.1, -0.05) is 45.0 Å². The van der Waals surface area contributed by atoms with Crippen molar-refractivity contribution < 1.29 is 19.1 Å². The largest absolute Gasteiger partial charge is 0.492 e. The Labute approximate surface area is 166 Å². The fraction of sp³-hybridized carbons (Fsp3) is 0.391. The van der Waals surface area contributed by atoms with E-state index in [2.05, 4.69) is 20.8 Å². The molecule has 1 atom stereocenters. The fourth-order valence-electron chi connectivity index (χ4n) is 3.28. The third-order valence-electron chi connectivity index (χ3n) is 4.85. The van der Waals surface area contributed by atoms with Gasteiger partial charge in [-0.25, -0.2) is 0 Å². The lowest BCUT2D eigenvalue weighted by Gasteiger charge is -2.20. The van der Waals surface area contributed by atoms with Gasteiger partial charge >= 0.3 is 5.97 Å². The van der Waals surface area contributed by atoms with Crippen LogP contribution in [0.25, 0.3) is 0 Å². The minimum absolute atomic E-state index is 0.0366. The number of anilines is 1. The molecule has 5 heteroatoms. The van der Waals surface area contributed by atoms with E-state index >= 15 is 0 Å². The number of hydrogen-bond donors (Lipinski definition) is 0. The van der Waals surface area contributed by atoms with E-state index in [1.807, 2.05) is 43.3 Å². The molecule has 2 aromatic carbocycles. The second-order valence-electron chi connectivity index (χ2n) is 8.00. The van der Waals surface area contributed by atoms with Gasteiger partial charge in [0, 0.05) is 13.0 Å². The highest BCUT2D eigenvalue weighted by Gasteiger charge is 2.37. The topological polar surface area (TPSA) is 55.8 Å². The molecule has 5 nitrogen and oxygen atoms in total. The summed E-state index contributed by atoms with van der Waals surface area (Å²) in [6, 6.07) is 14.9. The molecule has 1 heterocycles. The Morgan fingerprint density at radius 3 is 2.43 bits per heavy atom. The van der Waals surface area contributed by atoms with Gasteiger partial charge in [-0.15, -0.1) is 0 Å². The van der Waals surface area contributed by atoms with Crippen LogP contribution in [-0.2, 0) is 15.0 Å². The molecule has 0 spiro atoms. The van der Waals surface area contributed by atoms with E-state index in [9.17, 15) is 9.59 Å². The number of rotatable bonds is 5. The maximum atomic E-state index is 12.6. The van der Waals surface area contributed by atoms with Crippen LogP contribution < -0.4 is 14.4 Å². The SMILES string of the molecule is CCOc1ccccc1N1C[C@H](C(=O)Oc2ccc(C(C)(C)C)cc2)CC1=O. The first-order valence-corrected chi connectivity index (χ1v) is 9.64. The van der Waals surface area contributed by atoms with Crippen LogP contribution in [0.15, 0.2) is 48.5 Å². The molecule has 0 radical (unpaired) electrons. The van der Waals surface area contributed by atoms with E-state index in [0.717, 1.165) is 0 Å². The van der Waals surface area contributed by atoms with Gasteiger partial charge in [-0.2, -0.15) is 0 Å². The molecule has 0 aliphatic carbocycles. The summed E-state index contributed by atoms with van der Waals surface area (Å²) in [6.07, 6.45) is 0.138. The minimum atomic E-state index is -0.496. The Morgan fingerprint density at radius 1 is 1.11 bits per heavy atom. The lowest BCUT2D eigenvalue weighted by atomic mass is 9.87. The van der Waals surface area contributed by atoms with Gasteiger partial charge in [0.15, 0.2) is 0 Å². The van der Waals surface area contributed by atoms with Crippen molar-refractivity contribution >= 4 is 17.6 Å². The molecule has 28 heavy (non-hydrogen) atoms. The molecule has 1 saturated heterocycles. The molecule has 0 unspecified atom stereocenters. The smallest absolute Gasteiger partial charge is 0.316 e. The van der Waals surface area contributed by atoms with Crippen molar-refractivity contribution in [3.63, 3.8) is 0 Å². The predicted octanol–water partition coefficient (Wildman–Crippen LogP) is 4.34. The summed E-state index contributed by atoms with van der Waals surface area (Å²) < 4.78 is 11.1. The summed E-state index contributed by atoms with van der Waals surface area (Å²) in [4.78, 5) is 26.7. The van der Waals surface area contributed by atoms with Gasteiger partial charge in [0.25, 0.3) is 0 Å². The van der Waals surface area contributed by atoms with Crippen molar-refractivity contribution in [2.75, 3.05) is 18.1 Å². The minimum Gasteiger partial charge on any atom is -0.492 e. The van der Waals surface area contributed by atoms with Gasteiger partial charge in [0.2, 0.25) is 5.91 Å². The first-order chi connectivity index (χ1) is 13.3. The zero-order valence-corrected chi connectivity index (χ0v) is 16.9. The molecule has 0 aromatic heterocycles. The molecule has 1 amide bonds. The average Bonchev–Trinajstić information content (AvgIpc) is 3.04. The number of benzene rings is 2. The summed E-state index contributed by atoms with van der Waals surface area (Å²) >= 11 is 0. The Balaban J connectivity index is 1.69. The van der Waals surface area contributed by atoms with E-state index < -0.39 is 5.92 Å². The molecule has 1 aliphatic rings. The molecule has 2 aromatic rings. The summed E-state index contributed by atoms with van der Waals surface area (Å²) in [5.74, 6) is 0.165. The van der Waals surface area contributed by atoms with Crippen LogP contribution in [0.4, 0.5) is 5.69 Å². The average molecular weight is 381 g/mol. The molecule has 0 N–H and O–H groups in total. The van der Waals surface area contributed by atoms with E-state index in [4.69, 9.17) is 9.47 Å². The van der Waals surface area contributed by atoms with Crippen molar-refractivity contribution in [1.29, 1.82) is 0 Å². The van der Waals surface area contributed by atoms with E-state index in [1.54, 1.807) is 17.0 Å². The van der Waals surface area contributed by atoms with E-state index in [-0.39, 0.29) is 23.7 Å². The van der Waals surface area contributed by atoms with Crippen LogP contribution in [-0.4, -0.2) is 25.0 Å². The van der Waals surface area contributed by atoms with Crippen LogP contribution in [0.3, 0.4) is 0 Å². The number of para-hydroxylation sites is 2. The highest BCUT2D eigenvalue weighted by Crippen LogP contribution is 2.33. The quantitative estimate of drug-likeness (QED) is 0.571. The molecule has 148 valence electrons. The van der Waals surface area contributed by atoms with Crippen LogP contribution >= 0.6 is 0 Å². The zero-order valence-electron chi connectivity index (χ0n) is 16.9. The van der Waals surface area contributed by atoms with Crippen LogP contribution in [0.5, 0.6) is 11.5 Å². The molecular formula is C23H27NO4. The number of carbonyl (C=O) groups is 2. The Bertz CT molecular complexity index is 852. The Morgan fingerprint density at radius 2 is 1.79 bits per heavy atom. The summed E-state index contributed by atoms with van der Waals surface area (Å²) in [5.41, 5.74) is 1.90. The van der Waals surface area contributed by atoms with Gasteiger partial charge in [-0.05, 0) is 42.2 Å². The zero-order chi connectivity index (χ0) is 20.3. The summed E-state index contributed by atoms with van der Waals surface area (Å²) in [6.45, 7) is 9.09. The van der Waals surface area contributed by atoms with Crippen LogP contribution in [0.2, 0.25) is 0 Å². The number of amides is 1. The third kappa shape index (κ3) is 4.35. The highest BCUT2D eigenvalue weighted by molar-refractivity contribution is 6.00. The van der Waals surface area contributed by atoms with Crippen molar-refractivity contribution in [1.82, 2.24) is 0 Å². The molecule has 1 aliphatic heterocycles. The second kappa shape index (κ2) is 8.05. The maximum absolute atomic E-state index is 12.6. The normalized spacial score (nSPS) is 16.9. The summed E-state index contributed by atoms with van der Waals surface area (Å²) in [5, 5.41) is 0. The Kier molecular flexibility index (Phi) is 5.73. The molecule has 0 bridgehead atoms. The lowest BCUT2D eigenvalue weighted by molar-refractivity contribution is -0.139. The number of ether oxygens (including phenoxy) is 2. The van der Waals surface area contributed by atoms with Crippen LogP contribution in [0.1, 0.15) is 39.7 Å². The first kappa shape index (κ1) is 19.9. The highest BCUT2D eigenvalue weighted by atomic mass is 16.5. The van der Waals surface area contributed by atoms with Crippen molar-refractivity contribution in [2.45, 2.75) is 39.5 Å². The number of esters is 1. The summed E-state index contributed by atoms with van der Waals surface area (Å²) in [7, 11) is 0. The fourth-order valence-corrected chi connectivity index (χ4v) is 3.28. The van der Waals surface area contributed by atoms with Gasteiger partial charge in [0.1, 0.15) is 11.5 Å². The van der Waals surface area contributed by atoms with Crippen LogP contribution in [0, 0.1) is 5.92 Å². The molecule has 1 fully saturated rings. The van der Waals surface area contributed by atoms with E-state index in [0.29, 0.717) is 30.3 Å². The first-order valence-electron chi connectivity index (χ1n) is 9.64. The maximum Gasteiger partial charge on any atom is 0.316 e. The number of nitrogens with zero attached hydrogens (tertiary/aromatic N) is 1. The lowest BCUT2D eigenvalue weighted by Crippen LogP contribution is -2.27. The molecular weight excluding hydrogens is 354 g/mol. The van der Waals surface area contributed by atoms with Crippen molar-refractivity contribution in [2.24, 2.45) is 5.92 Å². The second-order valence-corrected chi connectivity index (χ2v) is 8.00. The van der Waals surface area contributed by atoms with Crippen molar-refractivity contribution in [3.8, 4) is 11.5 Å². The third-order valence-corrected chi connectivity index (χ3v) is 4.85. The molecule has 0 saturated carbocycles. The number of hydrogen-bond acceptors (Lipinski definition) is 4.